The van der Waals surface area contributed by atoms with Crippen molar-refractivity contribution in [1.29, 1.82) is 0 Å². The number of aryl methyl sites for hydroxylation is 2. The molecule has 0 unspecified atom stereocenters. The lowest BCUT2D eigenvalue weighted by Gasteiger charge is -2.27. The molecule has 18 aromatic rings. The first-order valence-electron chi connectivity index (χ1n) is 31.6. The minimum atomic E-state index is -0.222. The summed E-state index contributed by atoms with van der Waals surface area (Å²) in [5.41, 5.74) is 27.4. The number of nitrogens with zero attached hydrogens (tertiary/aromatic N) is 4. The number of benzene rings is 14. The Balaban J connectivity index is 0.908. The van der Waals surface area contributed by atoms with E-state index in [1.54, 1.807) is 0 Å². The van der Waals surface area contributed by atoms with E-state index in [2.05, 4.69) is 354 Å². The molecule has 5 heteroatoms. The fourth-order valence-electron chi connectivity index (χ4n) is 15.5. The maximum Gasteiger partial charge on any atom is 0.243 e. The Morgan fingerprint density at radius 3 is 0.967 bits per heavy atom. The molecule has 0 aliphatic heterocycles. The fraction of sp³-hybridized carbons (Fsp3) is 0.0233. The normalized spacial score (nSPS) is 11.8. The lowest BCUT2D eigenvalue weighted by molar-refractivity contribution is 1.17. The highest BCUT2D eigenvalue weighted by atomic mass is 15.0. The molecule has 18 rings (SSSR count). The molecular formula is C86H59BN4. The molecule has 0 aliphatic carbocycles. The SMILES string of the molecule is Cc1cc(-n2c3ccccc3c3ccc4c(c5ccccc5n4-c4ccccc4)c32)ccc1B(c1ccc(-n2c3ccccc3c3ccc4c(c5ccccc5n4-c4ccccc4)c32)cc1C)c1c(-c2ccccc2)cc(-c2ccccc2)cc1-c1ccccc1. The highest BCUT2D eigenvalue weighted by Gasteiger charge is 2.33. The van der Waals surface area contributed by atoms with Crippen LogP contribution < -0.4 is 16.4 Å². The van der Waals surface area contributed by atoms with Gasteiger partial charge in [-0.15, -0.1) is 0 Å². The van der Waals surface area contributed by atoms with E-state index in [-0.39, 0.29) is 6.71 Å². The van der Waals surface area contributed by atoms with E-state index in [4.69, 9.17) is 0 Å². The molecule has 0 saturated carbocycles. The van der Waals surface area contributed by atoms with Gasteiger partial charge in [-0.1, -0.05) is 252 Å². The lowest BCUT2D eigenvalue weighted by atomic mass is 9.33. The summed E-state index contributed by atoms with van der Waals surface area (Å²) in [7, 11) is 0. The van der Waals surface area contributed by atoms with Crippen LogP contribution in [0.2, 0.25) is 0 Å². The van der Waals surface area contributed by atoms with E-state index in [0.29, 0.717) is 0 Å². The van der Waals surface area contributed by atoms with E-state index in [1.807, 2.05) is 0 Å². The molecule has 0 fully saturated rings. The van der Waals surface area contributed by atoms with E-state index in [9.17, 15) is 0 Å². The summed E-state index contributed by atoms with van der Waals surface area (Å²) in [6.45, 7) is 4.47. The predicted octanol–water partition coefficient (Wildman–Crippen LogP) is 20.2. The highest BCUT2D eigenvalue weighted by Crippen LogP contribution is 2.45. The number of para-hydroxylation sites is 6. The Bertz CT molecular complexity index is 5550. The molecule has 0 aliphatic rings. The van der Waals surface area contributed by atoms with Crippen molar-refractivity contribution in [3.05, 3.63) is 333 Å². The highest BCUT2D eigenvalue weighted by molar-refractivity contribution is 6.97. The van der Waals surface area contributed by atoms with Crippen molar-refractivity contribution in [2.24, 2.45) is 0 Å². The van der Waals surface area contributed by atoms with Crippen LogP contribution in [0.5, 0.6) is 0 Å². The van der Waals surface area contributed by atoms with Crippen molar-refractivity contribution >= 4 is 110 Å². The Kier molecular flexibility index (Phi) is 12.1. The summed E-state index contributed by atoms with van der Waals surface area (Å²) in [4.78, 5) is 0. The number of hydrogen-bond donors (Lipinski definition) is 0. The summed E-state index contributed by atoms with van der Waals surface area (Å²) in [6, 6.07) is 119. The first-order chi connectivity index (χ1) is 45.0. The van der Waals surface area contributed by atoms with Crippen molar-refractivity contribution in [2.45, 2.75) is 13.8 Å². The van der Waals surface area contributed by atoms with Crippen molar-refractivity contribution in [1.82, 2.24) is 18.3 Å². The van der Waals surface area contributed by atoms with Crippen LogP contribution in [-0.2, 0) is 0 Å². The van der Waals surface area contributed by atoms with Gasteiger partial charge < -0.3 is 18.3 Å². The second-order valence-electron chi connectivity index (χ2n) is 24.4. The van der Waals surface area contributed by atoms with Crippen molar-refractivity contribution < 1.29 is 0 Å². The number of hydrogen-bond acceptors (Lipinski definition) is 0. The second-order valence-corrected chi connectivity index (χ2v) is 24.4. The summed E-state index contributed by atoms with van der Waals surface area (Å²) in [5.74, 6) is 0. The first-order valence-corrected chi connectivity index (χ1v) is 31.6. The van der Waals surface area contributed by atoms with Gasteiger partial charge in [0.05, 0.1) is 44.1 Å². The van der Waals surface area contributed by atoms with Crippen molar-refractivity contribution in [3.8, 4) is 56.1 Å². The number of fused-ring (bicyclic) bond motifs is 14. The molecule has 0 radical (unpaired) electrons. The Hall–Kier alpha value is -11.7. The number of aromatic nitrogens is 4. The van der Waals surface area contributed by atoms with Crippen LogP contribution in [0, 0.1) is 13.8 Å². The Morgan fingerprint density at radius 2 is 0.571 bits per heavy atom. The number of rotatable bonds is 10. The Labute approximate surface area is 528 Å². The molecule has 0 bridgehead atoms. The zero-order valence-electron chi connectivity index (χ0n) is 50.5. The summed E-state index contributed by atoms with van der Waals surface area (Å²) in [5, 5.41) is 9.88. The van der Waals surface area contributed by atoms with Gasteiger partial charge in [0.15, 0.2) is 0 Å². The Morgan fingerprint density at radius 1 is 0.231 bits per heavy atom. The van der Waals surface area contributed by atoms with Gasteiger partial charge in [0.1, 0.15) is 0 Å². The maximum absolute atomic E-state index is 2.54. The van der Waals surface area contributed by atoms with Gasteiger partial charge in [-0.25, -0.2) is 0 Å². The fourth-order valence-corrected chi connectivity index (χ4v) is 15.5. The van der Waals surface area contributed by atoms with Gasteiger partial charge in [-0.05, 0) is 144 Å². The molecule has 4 heterocycles. The van der Waals surface area contributed by atoms with Crippen LogP contribution in [0.15, 0.2) is 322 Å². The topological polar surface area (TPSA) is 19.7 Å². The summed E-state index contributed by atoms with van der Waals surface area (Å²) in [6.07, 6.45) is 0. The van der Waals surface area contributed by atoms with Gasteiger partial charge >= 0.3 is 0 Å². The first kappa shape index (κ1) is 52.5. The molecule has 0 saturated heterocycles. The van der Waals surface area contributed by atoms with E-state index < -0.39 is 0 Å². The van der Waals surface area contributed by atoms with Gasteiger partial charge in [0.2, 0.25) is 6.71 Å². The average molecular weight is 1160 g/mol. The van der Waals surface area contributed by atoms with E-state index in [1.165, 1.54) is 148 Å². The molecule has 0 spiro atoms. The molecule has 91 heavy (non-hydrogen) atoms. The zero-order valence-corrected chi connectivity index (χ0v) is 50.5. The third-order valence-corrected chi connectivity index (χ3v) is 19.4. The van der Waals surface area contributed by atoms with Gasteiger partial charge in [-0.3, -0.25) is 0 Å². The molecular weight excluding hydrogens is 1100 g/mol. The molecule has 0 N–H and O–H groups in total. The van der Waals surface area contributed by atoms with Crippen LogP contribution in [0.1, 0.15) is 11.1 Å². The lowest BCUT2D eigenvalue weighted by Crippen LogP contribution is -2.55. The van der Waals surface area contributed by atoms with Gasteiger partial charge in [0, 0.05) is 65.8 Å². The maximum atomic E-state index is 2.54. The van der Waals surface area contributed by atoms with E-state index in [0.717, 1.165) is 22.7 Å². The van der Waals surface area contributed by atoms with Crippen LogP contribution in [-0.4, -0.2) is 25.0 Å². The molecule has 14 aromatic carbocycles. The van der Waals surface area contributed by atoms with Gasteiger partial charge in [-0.2, -0.15) is 0 Å². The van der Waals surface area contributed by atoms with Crippen LogP contribution in [0.4, 0.5) is 0 Å². The zero-order chi connectivity index (χ0) is 60.3. The van der Waals surface area contributed by atoms with Gasteiger partial charge in [0.25, 0.3) is 0 Å². The third kappa shape index (κ3) is 8.17. The molecule has 0 amide bonds. The van der Waals surface area contributed by atoms with Crippen LogP contribution >= 0.6 is 0 Å². The summed E-state index contributed by atoms with van der Waals surface area (Å²) >= 11 is 0. The van der Waals surface area contributed by atoms with Crippen molar-refractivity contribution in [3.63, 3.8) is 0 Å². The smallest absolute Gasteiger partial charge is 0.243 e. The molecule has 426 valence electrons. The molecule has 0 atom stereocenters. The van der Waals surface area contributed by atoms with Crippen LogP contribution in [0.25, 0.3) is 143 Å². The monoisotopic (exact) mass is 1160 g/mol. The molecule has 4 aromatic heterocycles. The summed E-state index contributed by atoms with van der Waals surface area (Å²) < 4.78 is 9.95. The quantitative estimate of drug-likeness (QED) is 0.122. The van der Waals surface area contributed by atoms with Crippen LogP contribution in [0.3, 0.4) is 0 Å². The largest absolute Gasteiger partial charge is 0.309 e. The standard InChI is InChI=1S/C86H59BN4/c1-56-52-64(90-76-40-22-18-36-66(76)68-46-50-80-82(85(68)90)70-38-20-24-42-78(70)88(80)62-32-14-6-15-33-62)44-48-74(56)87(84-72(59-28-10-4-11-29-59)54-61(58-26-8-3-9-27-58)55-73(84)60-30-12-5-13-31-60)75-49-45-65(53-57(75)2)91-77-41-23-19-37-67(77)69-47-51-81-83(86(69)91)71-39-21-25-43-79(71)89(81)63-34-16-7-17-35-63/h3-55H,1-2H3. The predicted molar refractivity (Wildman–Crippen MR) is 387 cm³/mol. The third-order valence-electron chi connectivity index (χ3n) is 19.4. The van der Waals surface area contributed by atoms with E-state index >= 15 is 0 Å². The van der Waals surface area contributed by atoms with Crippen molar-refractivity contribution in [2.75, 3.05) is 0 Å². The minimum Gasteiger partial charge on any atom is -0.309 e. The second kappa shape index (κ2) is 21.0. The molecule has 4 nitrogen and oxygen atoms in total. The average Bonchev–Trinajstić information content (AvgIpc) is 1.59. The minimum absolute atomic E-state index is 0.222.